The molecule has 1 heterocycles. The lowest BCUT2D eigenvalue weighted by Gasteiger charge is -2.05. The van der Waals surface area contributed by atoms with Crippen LogP contribution in [0.1, 0.15) is 30.4 Å². The molecule has 0 aliphatic heterocycles. The highest BCUT2D eigenvalue weighted by Crippen LogP contribution is 2.38. The second-order valence-corrected chi connectivity index (χ2v) is 4.61. The molecule has 0 unspecified atom stereocenters. The minimum absolute atomic E-state index is 0.356. The number of nitrogen functional groups attached to an aromatic ring is 1. The number of nitrogens with two attached hydrogens (primary N) is 1. The van der Waals surface area contributed by atoms with Crippen LogP contribution in [-0.2, 0) is 13.7 Å². The highest BCUT2D eigenvalue weighted by molar-refractivity contribution is 5.51. The van der Waals surface area contributed by atoms with E-state index in [0.717, 1.165) is 5.82 Å². The summed E-state index contributed by atoms with van der Waals surface area (Å²) in [5.41, 5.74) is 6.44. The molecule has 3 rings (SSSR count). The summed E-state index contributed by atoms with van der Waals surface area (Å²) < 4.78 is 7.48. The Bertz CT molecular complexity index is 560. The summed E-state index contributed by atoms with van der Waals surface area (Å²) in [4.78, 5) is 4.50. The molecule has 94 valence electrons. The summed E-state index contributed by atoms with van der Waals surface area (Å²) >= 11 is 0. The van der Waals surface area contributed by atoms with Gasteiger partial charge >= 0.3 is 0 Å². The van der Waals surface area contributed by atoms with E-state index in [2.05, 4.69) is 10.1 Å². The fourth-order valence-electron chi connectivity index (χ4n) is 1.96. The van der Waals surface area contributed by atoms with E-state index in [1.165, 1.54) is 12.8 Å². The van der Waals surface area contributed by atoms with Crippen molar-refractivity contribution in [2.75, 3.05) is 5.73 Å². The van der Waals surface area contributed by atoms with Crippen LogP contribution in [0.3, 0.4) is 0 Å². The van der Waals surface area contributed by atoms with Gasteiger partial charge in [-0.3, -0.25) is 4.68 Å². The fraction of sp³-hybridized carbons (Fsp3) is 0.385. The number of benzene rings is 1. The zero-order valence-electron chi connectivity index (χ0n) is 10.3. The number of rotatable bonds is 4. The number of hydrogen-bond acceptors (Lipinski definition) is 4. The Morgan fingerprint density at radius 1 is 1.39 bits per heavy atom. The molecular weight excluding hydrogens is 228 g/mol. The number of aryl methyl sites for hydroxylation is 1. The molecule has 5 heteroatoms. The standard InChI is InChI=1S/C13H16N4O/c1-17-13(9-6-7-9)15-12(16-17)8-18-11-5-3-2-4-10(11)14/h2-5,9H,6-8,14H2,1H3. The van der Waals surface area contributed by atoms with Crippen LogP contribution in [0.25, 0.3) is 0 Å². The van der Waals surface area contributed by atoms with Crippen LogP contribution in [0, 0.1) is 0 Å². The van der Waals surface area contributed by atoms with Gasteiger partial charge in [0.1, 0.15) is 18.2 Å². The van der Waals surface area contributed by atoms with Crippen LogP contribution in [0.15, 0.2) is 24.3 Å². The Morgan fingerprint density at radius 2 is 2.17 bits per heavy atom. The van der Waals surface area contributed by atoms with Crippen molar-refractivity contribution >= 4 is 5.69 Å². The number of hydrogen-bond donors (Lipinski definition) is 1. The van der Waals surface area contributed by atoms with Crippen molar-refractivity contribution in [2.45, 2.75) is 25.4 Å². The summed E-state index contributed by atoms with van der Waals surface area (Å²) in [5, 5.41) is 4.36. The Balaban J connectivity index is 1.70. The van der Waals surface area contributed by atoms with Crippen molar-refractivity contribution in [3.8, 4) is 5.75 Å². The quantitative estimate of drug-likeness (QED) is 0.833. The van der Waals surface area contributed by atoms with Gasteiger partial charge in [0.25, 0.3) is 0 Å². The van der Waals surface area contributed by atoms with Crippen molar-refractivity contribution in [3.63, 3.8) is 0 Å². The minimum Gasteiger partial charge on any atom is -0.483 e. The molecule has 0 radical (unpaired) electrons. The van der Waals surface area contributed by atoms with Crippen LogP contribution in [0.5, 0.6) is 5.75 Å². The van der Waals surface area contributed by atoms with E-state index in [4.69, 9.17) is 10.5 Å². The van der Waals surface area contributed by atoms with Crippen molar-refractivity contribution < 1.29 is 4.74 Å². The first-order valence-electron chi connectivity index (χ1n) is 6.11. The van der Waals surface area contributed by atoms with Crippen LogP contribution >= 0.6 is 0 Å². The Hall–Kier alpha value is -2.04. The van der Waals surface area contributed by atoms with Crippen molar-refractivity contribution in [3.05, 3.63) is 35.9 Å². The Kier molecular flexibility index (Phi) is 2.66. The topological polar surface area (TPSA) is 66.0 Å². The summed E-state index contributed by atoms with van der Waals surface area (Å²) in [6, 6.07) is 7.44. The van der Waals surface area contributed by atoms with E-state index < -0.39 is 0 Å². The zero-order chi connectivity index (χ0) is 12.5. The van der Waals surface area contributed by atoms with Gasteiger partial charge < -0.3 is 10.5 Å². The van der Waals surface area contributed by atoms with E-state index in [1.807, 2.05) is 36.0 Å². The van der Waals surface area contributed by atoms with Gasteiger partial charge in [0.15, 0.2) is 5.82 Å². The summed E-state index contributed by atoms with van der Waals surface area (Å²) in [6.45, 7) is 0.356. The molecule has 1 fully saturated rings. The van der Waals surface area contributed by atoms with Crippen LogP contribution in [0.2, 0.25) is 0 Å². The number of aromatic nitrogens is 3. The minimum atomic E-state index is 0.356. The first kappa shape index (κ1) is 11.1. The summed E-state index contributed by atoms with van der Waals surface area (Å²) in [6.07, 6.45) is 2.44. The van der Waals surface area contributed by atoms with Crippen molar-refractivity contribution in [1.29, 1.82) is 0 Å². The van der Waals surface area contributed by atoms with Crippen LogP contribution in [-0.4, -0.2) is 14.8 Å². The van der Waals surface area contributed by atoms with E-state index >= 15 is 0 Å². The lowest BCUT2D eigenvalue weighted by Crippen LogP contribution is -2.01. The van der Waals surface area contributed by atoms with Gasteiger partial charge in [-0.1, -0.05) is 12.1 Å². The zero-order valence-corrected chi connectivity index (χ0v) is 10.3. The van der Waals surface area contributed by atoms with Gasteiger partial charge in [-0.15, -0.1) is 0 Å². The second-order valence-electron chi connectivity index (χ2n) is 4.61. The van der Waals surface area contributed by atoms with Crippen LogP contribution in [0.4, 0.5) is 5.69 Å². The number of ether oxygens (including phenoxy) is 1. The lowest BCUT2D eigenvalue weighted by atomic mass is 10.3. The van der Waals surface area contributed by atoms with Gasteiger partial charge in [-0.05, 0) is 25.0 Å². The molecule has 2 N–H and O–H groups in total. The molecule has 1 aromatic heterocycles. The molecular formula is C13H16N4O. The molecule has 1 aliphatic carbocycles. The SMILES string of the molecule is Cn1nc(COc2ccccc2N)nc1C1CC1. The van der Waals surface area contributed by atoms with Crippen molar-refractivity contribution in [1.82, 2.24) is 14.8 Å². The largest absolute Gasteiger partial charge is 0.483 e. The second kappa shape index (κ2) is 4.33. The normalized spacial score (nSPS) is 14.7. The highest BCUT2D eigenvalue weighted by Gasteiger charge is 2.28. The fourth-order valence-corrected chi connectivity index (χ4v) is 1.96. The Labute approximate surface area is 106 Å². The third-order valence-electron chi connectivity index (χ3n) is 3.06. The molecule has 1 saturated carbocycles. The first-order valence-corrected chi connectivity index (χ1v) is 6.11. The van der Waals surface area contributed by atoms with E-state index in [9.17, 15) is 0 Å². The van der Waals surface area contributed by atoms with E-state index in [-0.39, 0.29) is 0 Å². The number of anilines is 1. The molecule has 0 amide bonds. The Morgan fingerprint density at radius 3 is 2.89 bits per heavy atom. The molecule has 18 heavy (non-hydrogen) atoms. The average molecular weight is 244 g/mol. The van der Waals surface area contributed by atoms with Gasteiger partial charge in [0, 0.05) is 13.0 Å². The molecule has 5 nitrogen and oxygen atoms in total. The average Bonchev–Trinajstić information content (AvgIpc) is 3.13. The predicted octanol–water partition coefficient (Wildman–Crippen LogP) is 1.85. The molecule has 1 aliphatic rings. The summed E-state index contributed by atoms with van der Waals surface area (Å²) in [5.74, 6) is 3.05. The van der Waals surface area contributed by atoms with Gasteiger partial charge in [0.05, 0.1) is 5.69 Å². The molecule has 2 aromatic rings. The third-order valence-corrected chi connectivity index (χ3v) is 3.06. The molecule has 1 aromatic carbocycles. The van der Waals surface area contributed by atoms with E-state index in [0.29, 0.717) is 29.8 Å². The monoisotopic (exact) mass is 244 g/mol. The third kappa shape index (κ3) is 2.16. The molecule has 0 saturated heterocycles. The van der Waals surface area contributed by atoms with Crippen LogP contribution < -0.4 is 10.5 Å². The maximum Gasteiger partial charge on any atom is 0.188 e. The number of nitrogens with zero attached hydrogens (tertiary/aromatic N) is 3. The molecule has 0 atom stereocenters. The van der Waals surface area contributed by atoms with Gasteiger partial charge in [0.2, 0.25) is 0 Å². The predicted molar refractivity (Wildman–Crippen MR) is 68.2 cm³/mol. The summed E-state index contributed by atoms with van der Waals surface area (Å²) in [7, 11) is 1.93. The smallest absolute Gasteiger partial charge is 0.188 e. The first-order chi connectivity index (χ1) is 8.74. The lowest BCUT2D eigenvalue weighted by molar-refractivity contribution is 0.297. The van der Waals surface area contributed by atoms with Gasteiger partial charge in [-0.2, -0.15) is 5.10 Å². The molecule has 0 spiro atoms. The van der Waals surface area contributed by atoms with Gasteiger partial charge in [-0.25, -0.2) is 4.98 Å². The highest BCUT2D eigenvalue weighted by atomic mass is 16.5. The maximum absolute atomic E-state index is 5.81. The van der Waals surface area contributed by atoms with E-state index in [1.54, 1.807) is 0 Å². The van der Waals surface area contributed by atoms with Crippen molar-refractivity contribution in [2.24, 2.45) is 7.05 Å². The maximum atomic E-state index is 5.81. The number of para-hydroxylation sites is 2. The molecule has 0 bridgehead atoms.